The van der Waals surface area contributed by atoms with Crippen LogP contribution >= 0.6 is 23.1 Å². The van der Waals surface area contributed by atoms with Crippen molar-refractivity contribution in [3.8, 4) is 5.13 Å². The van der Waals surface area contributed by atoms with Crippen molar-refractivity contribution in [2.24, 2.45) is 0 Å². The number of nitrogens with zero attached hydrogens (tertiary/aromatic N) is 6. The van der Waals surface area contributed by atoms with E-state index in [0.717, 1.165) is 54.4 Å². The smallest absolute Gasteiger partial charge is 0.193 e. The van der Waals surface area contributed by atoms with Crippen LogP contribution in [-0.2, 0) is 30.1 Å². The van der Waals surface area contributed by atoms with Gasteiger partial charge in [-0.3, -0.25) is 9.47 Å². The second kappa shape index (κ2) is 10.9. The van der Waals surface area contributed by atoms with Crippen LogP contribution in [-0.4, -0.2) is 49.0 Å². The van der Waals surface area contributed by atoms with E-state index in [1.165, 1.54) is 16.8 Å². The second-order valence-corrected chi connectivity index (χ2v) is 10.5. The second-order valence-electron chi connectivity index (χ2n) is 8.72. The summed E-state index contributed by atoms with van der Waals surface area (Å²) in [6, 6.07) is 12.8. The summed E-state index contributed by atoms with van der Waals surface area (Å²) in [5.41, 5.74) is 3.85. The molecule has 0 aliphatic carbocycles. The third-order valence-electron chi connectivity index (χ3n) is 6.12. The first-order valence-electron chi connectivity index (χ1n) is 11.6. The van der Waals surface area contributed by atoms with Crippen LogP contribution in [0.25, 0.3) is 5.13 Å². The summed E-state index contributed by atoms with van der Waals surface area (Å²) < 4.78 is 10.4. The molecule has 1 fully saturated rings. The normalized spacial score (nSPS) is 16.0. The molecule has 34 heavy (non-hydrogen) atoms. The van der Waals surface area contributed by atoms with Crippen LogP contribution in [0.5, 0.6) is 0 Å². The molecule has 0 saturated carbocycles. The zero-order valence-electron chi connectivity index (χ0n) is 19.6. The molecule has 1 atom stereocenters. The number of ether oxygens (including phenoxy) is 1. The van der Waals surface area contributed by atoms with Crippen molar-refractivity contribution < 1.29 is 4.74 Å². The molecule has 4 heterocycles. The number of aryl methyl sites for hydroxylation is 1. The summed E-state index contributed by atoms with van der Waals surface area (Å²) in [6.45, 7) is 5.33. The van der Waals surface area contributed by atoms with Gasteiger partial charge in [-0.15, -0.1) is 21.5 Å². The highest BCUT2D eigenvalue weighted by Gasteiger charge is 2.22. The minimum atomic E-state index is 0.236. The summed E-state index contributed by atoms with van der Waals surface area (Å²) in [5, 5.41) is 13.2. The lowest BCUT2D eigenvalue weighted by atomic mass is 10.1. The van der Waals surface area contributed by atoms with Crippen LogP contribution in [0.3, 0.4) is 0 Å². The Morgan fingerprint density at radius 1 is 1.18 bits per heavy atom. The lowest BCUT2D eigenvalue weighted by molar-refractivity contribution is 0.0934. The van der Waals surface area contributed by atoms with E-state index in [9.17, 15) is 0 Å². The van der Waals surface area contributed by atoms with Crippen LogP contribution in [0.4, 0.5) is 0 Å². The van der Waals surface area contributed by atoms with Gasteiger partial charge < -0.3 is 9.30 Å². The van der Waals surface area contributed by atoms with E-state index in [1.807, 2.05) is 11.6 Å². The van der Waals surface area contributed by atoms with Gasteiger partial charge in [0.25, 0.3) is 0 Å². The first kappa shape index (κ1) is 23.3. The minimum absolute atomic E-state index is 0.236. The monoisotopic (exact) mass is 494 g/mol. The van der Waals surface area contributed by atoms with Crippen LogP contribution in [0.2, 0.25) is 0 Å². The quantitative estimate of drug-likeness (QED) is 0.291. The summed E-state index contributed by atoms with van der Waals surface area (Å²) in [7, 11) is 2.13. The Morgan fingerprint density at radius 3 is 2.88 bits per heavy atom. The molecule has 178 valence electrons. The van der Waals surface area contributed by atoms with Crippen LogP contribution < -0.4 is 0 Å². The van der Waals surface area contributed by atoms with Crippen molar-refractivity contribution in [1.29, 1.82) is 0 Å². The van der Waals surface area contributed by atoms with Crippen molar-refractivity contribution in [2.75, 3.05) is 13.7 Å². The Morgan fingerprint density at radius 2 is 2.09 bits per heavy atom. The van der Waals surface area contributed by atoms with Crippen LogP contribution in [0, 0.1) is 6.92 Å². The summed E-state index contributed by atoms with van der Waals surface area (Å²) in [6.07, 6.45) is 6.37. The van der Waals surface area contributed by atoms with Crippen LogP contribution in [0.15, 0.2) is 59.3 Å². The molecule has 3 aromatic heterocycles. The number of hydrogen-bond acceptors (Lipinski definition) is 7. The topological polar surface area (TPSA) is 61.0 Å². The SMILES string of the molecule is Cc1ccccc1CSc1nnc(CN(C)Cc2cccn2-c2nccs2)n1C[C@@H]1CCCO1. The zero-order valence-corrected chi connectivity index (χ0v) is 21.3. The molecular weight excluding hydrogens is 464 g/mol. The average Bonchev–Trinajstić information content (AvgIpc) is 3.63. The maximum absolute atomic E-state index is 5.96. The molecule has 4 aromatic rings. The van der Waals surface area contributed by atoms with Crippen molar-refractivity contribution in [1.82, 2.24) is 29.2 Å². The first-order valence-corrected chi connectivity index (χ1v) is 13.5. The van der Waals surface area contributed by atoms with Crippen LogP contribution in [0.1, 0.15) is 35.5 Å². The largest absolute Gasteiger partial charge is 0.376 e. The fraction of sp³-hybridized carbons (Fsp3) is 0.400. The predicted molar refractivity (Wildman–Crippen MR) is 136 cm³/mol. The highest BCUT2D eigenvalue weighted by atomic mass is 32.2. The number of thiazole rings is 1. The molecule has 1 saturated heterocycles. The Balaban J connectivity index is 1.31. The van der Waals surface area contributed by atoms with E-state index < -0.39 is 0 Å². The highest BCUT2D eigenvalue weighted by molar-refractivity contribution is 7.98. The van der Waals surface area contributed by atoms with Gasteiger partial charge in [-0.25, -0.2) is 4.98 Å². The minimum Gasteiger partial charge on any atom is -0.376 e. The van der Waals surface area contributed by atoms with E-state index in [0.29, 0.717) is 6.54 Å². The Labute approximate surface area is 208 Å². The standard InChI is InChI=1S/C25H30N6OS2/c1-19-7-3-4-8-20(19)18-34-25-28-27-23(31(25)16-22-10-6-13-32-22)17-29(2)15-21-9-5-12-30(21)24-26-11-14-33-24/h3-5,7-9,11-12,14,22H,6,10,13,15-18H2,1-2H3/t22-/m0/s1. The molecule has 1 aromatic carbocycles. The Kier molecular flexibility index (Phi) is 7.44. The van der Waals surface area contributed by atoms with Gasteiger partial charge in [0.05, 0.1) is 19.2 Å². The Bertz CT molecular complexity index is 1200. The number of hydrogen-bond donors (Lipinski definition) is 0. The fourth-order valence-corrected chi connectivity index (χ4v) is 5.97. The van der Waals surface area contributed by atoms with E-state index in [4.69, 9.17) is 4.74 Å². The molecule has 1 aliphatic rings. The van der Waals surface area contributed by atoms with Gasteiger partial charge in [-0.1, -0.05) is 36.0 Å². The fourth-order valence-electron chi connectivity index (χ4n) is 4.27. The molecule has 1 aliphatic heterocycles. The van der Waals surface area contributed by atoms with Crippen molar-refractivity contribution in [2.45, 2.75) is 56.4 Å². The summed E-state index contributed by atoms with van der Waals surface area (Å²) in [4.78, 5) is 6.74. The maximum atomic E-state index is 5.96. The molecule has 0 unspecified atom stereocenters. The molecule has 9 heteroatoms. The predicted octanol–water partition coefficient (Wildman–Crippen LogP) is 4.94. The molecule has 0 bridgehead atoms. The molecular formula is C25H30N6OS2. The third-order valence-corrected chi connectivity index (χ3v) is 7.91. The molecule has 5 rings (SSSR count). The molecule has 0 N–H and O–H groups in total. The molecule has 0 spiro atoms. The van der Waals surface area contributed by atoms with Gasteiger partial charge >= 0.3 is 0 Å². The van der Waals surface area contributed by atoms with Gasteiger partial charge in [0, 0.05) is 42.4 Å². The number of rotatable bonds is 10. The zero-order chi connectivity index (χ0) is 23.3. The molecule has 7 nitrogen and oxygen atoms in total. The number of thioether (sulfide) groups is 1. The van der Waals surface area contributed by atoms with Gasteiger partial charge in [0.15, 0.2) is 10.3 Å². The van der Waals surface area contributed by atoms with Crippen molar-refractivity contribution in [3.63, 3.8) is 0 Å². The first-order chi connectivity index (χ1) is 16.7. The summed E-state index contributed by atoms with van der Waals surface area (Å²) in [5.74, 6) is 1.87. The lowest BCUT2D eigenvalue weighted by Crippen LogP contribution is -2.24. The number of benzene rings is 1. The van der Waals surface area contributed by atoms with Gasteiger partial charge in [-0.2, -0.15) is 0 Å². The highest BCUT2D eigenvalue weighted by Crippen LogP contribution is 2.26. The van der Waals surface area contributed by atoms with E-state index in [2.05, 4.69) is 85.8 Å². The number of aromatic nitrogens is 5. The van der Waals surface area contributed by atoms with Gasteiger partial charge in [0.2, 0.25) is 0 Å². The van der Waals surface area contributed by atoms with E-state index in [-0.39, 0.29) is 6.10 Å². The molecule has 0 amide bonds. The lowest BCUT2D eigenvalue weighted by Gasteiger charge is -2.19. The van der Waals surface area contributed by atoms with Crippen molar-refractivity contribution in [3.05, 3.63) is 76.8 Å². The van der Waals surface area contributed by atoms with Crippen molar-refractivity contribution >= 4 is 23.1 Å². The summed E-state index contributed by atoms with van der Waals surface area (Å²) >= 11 is 3.40. The molecule has 0 radical (unpaired) electrons. The average molecular weight is 495 g/mol. The van der Waals surface area contributed by atoms with E-state index >= 15 is 0 Å². The third kappa shape index (κ3) is 5.43. The van der Waals surface area contributed by atoms with Gasteiger partial charge in [-0.05, 0) is 50.1 Å². The Hall–Kier alpha value is -2.46. The van der Waals surface area contributed by atoms with Gasteiger partial charge in [0.1, 0.15) is 5.82 Å². The maximum Gasteiger partial charge on any atom is 0.193 e. The van der Waals surface area contributed by atoms with E-state index in [1.54, 1.807) is 23.1 Å².